The number of nitrogens with one attached hydrogen (secondary N) is 1. The summed E-state index contributed by atoms with van der Waals surface area (Å²) in [4.78, 5) is 29.9. The zero-order valence-corrected chi connectivity index (χ0v) is 14.3. The summed E-state index contributed by atoms with van der Waals surface area (Å²) in [6.07, 6.45) is -1.54. The highest BCUT2D eigenvalue weighted by atomic mass is 19.4. The summed E-state index contributed by atoms with van der Waals surface area (Å²) < 4.78 is 40.9. The van der Waals surface area contributed by atoms with Crippen molar-refractivity contribution in [3.63, 3.8) is 0 Å². The molecule has 6 N–H and O–H groups in total. The largest absolute Gasteiger partial charge is 0.478 e. The van der Waals surface area contributed by atoms with Gasteiger partial charge in [0.1, 0.15) is 12.4 Å². The molecule has 28 heavy (non-hydrogen) atoms. The average molecular weight is 409 g/mol. The molecule has 0 atom stereocenters. The van der Waals surface area contributed by atoms with Gasteiger partial charge in [0.15, 0.2) is 5.96 Å². The van der Waals surface area contributed by atoms with Crippen LogP contribution < -0.4 is 15.8 Å². The summed E-state index contributed by atoms with van der Waals surface area (Å²) in [5.41, 5.74) is 5.29. The van der Waals surface area contributed by atoms with Crippen LogP contribution in [0.1, 0.15) is 6.42 Å². The smallest absolute Gasteiger partial charge is 0.408 e. The summed E-state index contributed by atoms with van der Waals surface area (Å²) in [5.74, 6) is -2.77. The van der Waals surface area contributed by atoms with E-state index in [0.29, 0.717) is 18.6 Å². The van der Waals surface area contributed by atoms with Crippen molar-refractivity contribution in [1.29, 1.82) is 0 Å². The Morgan fingerprint density at radius 3 is 2.39 bits per heavy atom. The molecule has 1 rings (SSSR count). The van der Waals surface area contributed by atoms with Crippen LogP contribution >= 0.6 is 0 Å². The zero-order valence-electron chi connectivity index (χ0n) is 14.3. The molecule has 0 aliphatic carbocycles. The van der Waals surface area contributed by atoms with Gasteiger partial charge in [0.05, 0.1) is 6.61 Å². The average Bonchev–Trinajstić information content (AvgIpc) is 2.59. The molecular formula is C14H18F3N5O6. The molecule has 1 aromatic heterocycles. The number of carboxylic acids is 2. The normalized spacial score (nSPS) is 11.5. The zero-order chi connectivity index (χ0) is 21.6. The van der Waals surface area contributed by atoms with E-state index in [-0.39, 0.29) is 25.0 Å². The van der Waals surface area contributed by atoms with E-state index in [0.717, 1.165) is 0 Å². The predicted octanol–water partition coefficient (Wildman–Crippen LogP) is 0.238. The van der Waals surface area contributed by atoms with Crippen LogP contribution in [0.2, 0.25) is 0 Å². The van der Waals surface area contributed by atoms with Crippen molar-refractivity contribution in [1.82, 2.24) is 9.97 Å². The van der Waals surface area contributed by atoms with Crippen LogP contribution in [0.5, 0.6) is 6.01 Å². The number of anilines is 1. The minimum absolute atomic E-state index is 0.0204. The lowest BCUT2D eigenvalue weighted by Crippen LogP contribution is -2.26. The van der Waals surface area contributed by atoms with Crippen LogP contribution in [0.25, 0.3) is 0 Å². The minimum Gasteiger partial charge on any atom is -0.478 e. The van der Waals surface area contributed by atoms with Crippen molar-refractivity contribution >= 4 is 23.7 Å². The first-order chi connectivity index (χ1) is 13.0. The standard InChI is InChI=1S/C10H14F3N5O2.C4H4O4/c11-10(12,13)6-16-8(14)17-7-2-3-15-9(18-7)20-5-1-4-19;5-3(6)1-2-4(7)8/h2-3,19H,1,4-6H2,(H3,14,15,16,17,18);1-2H,(H,5,6)(H,7,8)/b;2-1-. The Bertz CT molecular complexity index is 680. The number of rotatable bonds is 8. The predicted molar refractivity (Wildman–Crippen MR) is 89.8 cm³/mol. The maximum atomic E-state index is 11.9. The fourth-order valence-corrected chi connectivity index (χ4v) is 1.20. The molecule has 0 bridgehead atoms. The summed E-state index contributed by atoms with van der Waals surface area (Å²) in [6.45, 7) is -1.19. The van der Waals surface area contributed by atoms with Gasteiger partial charge in [-0.25, -0.2) is 19.6 Å². The number of hydrogen-bond acceptors (Lipinski definition) is 7. The van der Waals surface area contributed by atoms with Crippen LogP contribution in [0.4, 0.5) is 19.0 Å². The third kappa shape index (κ3) is 14.9. The van der Waals surface area contributed by atoms with Gasteiger partial charge in [-0.05, 0) is 6.07 Å². The SMILES string of the molecule is NC(=NCC(F)(F)F)Nc1ccnc(OCCCO)n1.O=C(O)/C=C\C(=O)O. The number of nitrogens with two attached hydrogens (primary N) is 1. The molecular weight excluding hydrogens is 391 g/mol. The number of aliphatic imine (C=N–C) groups is 1. The minimum atomic E-state index is -4.42. The van der Waals surface area contributed by atoms with E-state index in [9.17, 15) is 22.8 Å². The van der Waals surface area contributed by atoms with Gasteiger partial charge < -0.3 is 31.1 Å². The van der Waals surface area contributed by atoms with Crippen molar-refractivity contribution in [3.8, 4) is 6.01 Å². The highest BCUT2D eigenvalue weighted by Gasteiger charge is 2.26. The number of carboxylic acid groups (broad SMARTS) is 2. The van der Waals surface area contributed by atoms with Gasteiger partial charge in [0.25, 0.3) is 0 Å². The number of carbonyl (C=O) groups is 2. The Labute approximate surface area is 156 Å². The Balaban J connectivity index is 0.000000769. The molecule has 0 aliphatic heterocycles. The molecule has 0 amide bonds. The van der Waals surface area contributed by atoms with Crippen molar-refractivity contribution in [2.24, 2.45) is 10.7 Å². The van der Waals surface area contributed by atoms with Gasteiger partial charge in [-0.1, -0.05) is 0 Å². The Morgan fingerprint density at radius 2 is 1.89 bits per heavy atom. The van der Waals surface area contributed by atoms with E-state index < -0.39 is 30.6 Å². The number of aliphatic carboxylic acids is 2. The van der Waals surface area contributed by atoms with Crippen LogP contribution in [-0.4, -0.2) is 69.1 Å². The first-order valence-corrected chi connectivity index (χ1v) is 7.38. The number of aromatic nitrogens is 2. The van der Waals surface area contributed by atoms with E-state index in [1.165, 1.54) is 12.3 Å². The van der Waals surface area contributed by atoms with Gasteiger partial charge >= 0.3 is 24.1 Å². The van der Waals surface area contributed by atoms with Crippen LogP contribution in [-0.2, 0) is 9.59 Å². The Hall–Kier alpha value is -3.42. The van der Waals surface area contributed by atoms with E-state index in [1.807, 2.05) is 0 Å². The Morgan fingerprint density at radius 1 is 1.29 bits per heavy atom. The number of nitrogens with zero attached hydrogens (tertiary/aromatic N) is 3. The molecule has 1 heterocycles. The molecule has 0 saturated carbocycles. The van der Waals surface area contributed by atoms with E-state index in [4.69, 9.17) is 25.8 Å². The number of hydrogen-bond donors (Lipinski definition) is 5. The number of aliphatic hydroxyl groups excluding tert-OH is 1. The third-order valence-electron chi connectivity index (χ3n) is 2.22. The number of halogens is 3. The molecule has 11 nitrogen and oxygen atoms in total. The lowest BCUT2D eigenvalue weighted by Gasteiger charge is -2.07. The van der Waals surface area contributed by atoms with E-state index in [2.05, 4.69) is 20.3 Å². The third-order valence-corrected chi connectivity index (χ3v) is 2.22. The number of ether oxygens (including phenoxy) is 1. The Kier molecular flexibility index (Phi) is 11.3. The van der Waals surface area contributed by atoms with Crippen LogP contribution in [0.3, 0.4) is 0 Å². The number of aliphatic hydroxyl groups is 1. The van der Waals surface area contributed by atoms with Crippen molar-refractivity contribution < 1.29 is 42.8 Å². The van der Waals surface area contributed by atoms with Crippen molar-refractivity contribution in [2.45, 2.75) is 12.6 Å². The van der Waals surface area contributed by atoms with Gasteiger partial charge in [0, 0.05) is 31.4 Å². The fourth-order valence-electron chi connectivity index (χ4n) is 1.20. The molecule has 0 unspecified atom stereocenters. The summed E-state index contributed by atoms with van der Waals surface area (Å²) >= 11 is 0. The lowest BCUT2D eigenvalue weighted by molar-refractivity contribution is -0.134. The van der Waals surface area contributed by atoms with E-state index >= 15 is 0 Å². The van der Waals surface area contributed by atoms with Gasteiger partial charge in [-0.3, -0.25) is 0 Å². The van der Waals surface area contributed by atoms with Crippen LogP contribution in [0, 0.1) is 0 Å². The molecule has 0 saturated heterocycles. The number of guanidine groups is 1. The fraction of sp³-hybridized carbons (Fsp3) is 0.357. The summed E-state index contributed by atoms with van der Waals surface area (Å²) in [6, 6.07) is 1.42. The molecule has 156 valence electrons. The second-order valence-corrected chi connectivity index (χ2v) is 4.60. The lowest BCUT2D eigenvalue weighted by atomic mass is 10.5. The monoisotopic (exact) mass is 409 g/mol. The maximum absolute atomic E-state index is 11.9. The summed E-state index contributed by atoms with van der Waals surface area (Å²) in [5, 5.41) is 26.6. The molecule has 0 fully saturated rings. The van der Waals surface area contributed by atoms with Crippen molar-refractivity contribution in [3.05, 3.63) is 24.4 Å². The highest BCUT2D eigenvalue weighted by Crippen LogP contribution is 2.14. The summed E-state index contributed by atoms with van der Waals surface area (Å²) in [7, 11) is 0. The molecule has 0 aliphatic rings. The second kappa shape index (κ2) is 12.9. The molecule has 0 spiro atoms. The molecule has 0 aromatic carbocycles. The number of alkyl halides is 3. The molecule has 0 radical (unpaired) electrons. The molecule has 1 aromatic rings. The first-order valence-electron chi connectivity index (χ1n) is 7.38. The molecule has 14 heteroatoms. The van der Waals surface area contributed by atoms with E-state index in [1.54, 1.807) is 0 Å². The topological polar surface area (TPSA) is 180 Å². The van der Waals surface area contributed by atoms with Gasteiger partial charge in [0.2, 0.25) is 0 Å². The maximum Gasteiger partial charge on any atom is 0.408 e. The van der Waals surface area contributed by atoms with Gasteiger partial charge in [-0.15, -0.1) is 0 Å². The first kappa shape index (κ1) is 24.6. The van der Waals surface area contributed by atoms with Crippen molar-refractivity contribution in [2.75, 3.05) is 25.1 Å². The highest BCUT2D eigenvalue weighted by molar-refractivity contribution is 5.91. The second-order valence-electron chi connectivity index (χ2n) is 4.60. The van der Waals surface area contributed by atoms with Gasteiger partial charge in [-0.2, -0.15) is 18.2 Å². The quantitative estimate of drug-likeness (QED) is 0.173. The van der Waals surface area contributed by atoms with Crippen LogP contribution in [0.15, 0.2) is 29.4 Å².